The quantitative estimate of drug-likeness (QED) is 0.769. The summed E-state index contributed by atoms with van der Waals surface area (Å²) in [5.74, 6) is 1.65. The van der Waals surface area contributed by atoms with Gasteiger partial charge >= 0.3 is 0 Å². The van der Waals surface area contributed by atoms with Crippen molar-refractivity contribution in [2.75, 3.05) is 20.6 Å². The van der Waals surface area contributed by atoms with Crippen molar-refractivity contribution >= 4 is 11.6 Å². The van der Waals surface area contributed by atoms with Crippen molar-refractivity contribution in [2.45, 2.75) is 12.8 Å². The van der Waals surface area contributed by atoms with Crippen molar-refractivity contribution in [1.29, 1.82) is 0 Å². The Bertz CT molecular complexity index is 520. The van der Waals surface area contributed by atoms with Crippen LogP contribution in [0.25, 0.3) is 0 Å². The summed E-state index contributed by atoms with van der Waals surface area (Å²) in [5, 5.41) is 0.716. The highest BCUT2D eigenvalue weighted by atomic mass is 35.5. The van der Waals surface area contributed by atoms with E-state index in [0.29, 0.717) is 5.02 Å². The number of benzene rings is 2. The lowest BCUT2D eigenvalue weighted by molar-refractivity contribution is 0.400. The first-order chi connectivity index (χ1) is 9.63. The van der Waals surface area contributed by atoms with Crippen LogP contribution in [0.3, 0.4) is 0 Å². The monoisotopic (exact) mass is 289 g/mol. The van der Waals surface area contributed by atoms with Gasteiger partial charge in [-0.15, -0.1) is 0 Å². The van der Waals surface area contributed by atoms with E-state index in [1.54, 1.807) is 0 Å². The van der Waals surface area contributed by atoms with Crippen molar-refractivity contribution in [2.24, 2.45) is 0 Å². The van der Waals surface area contributed by atoms with E-state index in [-0.39, 0.29) is 0 Å². The van der Waals surface area contributed by atoms with E-state index < -0.39 is 0 Å². The predicted molar refractivity (Wildman–Crippen MR) is 84.8 cm³/mol. The molecule has 0 aliphatic heterocycles. The van der Waals surface area contributed by atoms with Crippen molar-refractivity contribution in [1.82, 2.24) is 4.90 Å². The standard InChI is InChI=1S/C17H20ClNO/c1-19(2)13-3-4-14-5-9-16(10-6-14)20-17-11-7-15(18)8-12-17/h5-12H,3-4,13H2,1-2H3. The van der Waals surface area contributed by atoms with Gasteiger partial charge in [0.15, 0.2) is 0 Å². The number of halogens is 1. The van der Waals surface area contributed by atoms with E-state index in [1.807, 2.05) is 36.4 Å². The SMILES string of the molecule is CN(C)CCCc1ccc(Oc2ccc(Cl)cc2)cc1. The maximum Gasteiger partial charge on any atom is 0.127 e. The fraction of sp³-hybridized carbons (Fsp3) is 0.294. The second kappa shape index (κ2) is 7.32. The summed E-state index contributed by atoms with van der Waals surface area (Å²) in [4.78, 5) is 2.21. The van der Waals surface area contributed by atoms with E-state index in [1.165, 1.54) is 12.0 Å². The Kier molecular flexibility index (Phi) is 5.45. The van der Waals surface area contributed by atoms with Crippen molar-refractivity contribution in [3.63, 3.8) is 0 Å². The smallest absolute Gasteiger partial charge is 0.127 e. The molecule has 2 aromatic carbocycles. The summed E-state index contributed by atoms with van der Waals surface area (Å²) in [6, 6.07) is 15.7. The molecule has 0 aliphatic rings. The van der Waals surface area contributed by atoms with Gasteiger partial charge in [0.25, 0.3) is 0 Å². The molecule has 3 heteroatoms. The van der Waals surface area contributed by atoms with E-state index in [2.05, 4.69) is 31.1 Å². The number of hydrogen-bond donors (Lipinski definition) is 0. The maximum atomic E-state index is 5.85. The van der Waals surface area contributed by atoms with Crippen LogP contribution >= 0.6 is 11.6 Å². The molecule has 0 unspecified atom stereocenters. The minimum absolute atomic E-state index is 0.716. The lowest BCUT2D eigenvalue weighted by Gasteiger charge is -2.09. The molecule has 0 amide bonds. The third kappa shape index (κ3) is 4.87. The molecule has 0 heterocycles. The third-order valence-electron chi connectivity index (χ3n) is 3.04. The second-order valence-corrected chi connectivity index (χ2v) is 5.54. The third-order valence-corrected chi connectivity index (χ3v) is 3.30. The van der Waals surface area contributed by atoms with Crippen LogP contribution in [0.4, 0.5) is 0 Å². The normalized spacial score (nSPS) is 10.8. The highest BCUT2D eigenvalue weighted by Crippen LogP contribution is 2.23. The second-order valence-electron chi connectivity index (χ2n) is 5.11. The fourth-order valence-corrected chi connectivity index (χ4v) is 2.09. The number of hydrogen-bond acceptors (Lipinski definition) is 2. The van der Waals surface area contributed by atoms with Crippen LogP contribution in [0.15, 0.2) is 48.5 Å². The Morgan fingerprint density at radius 2 is 1.45 bits per heavy atom. The van der Waals surface area contributed by atoms with Crippen molar-refractivity contribution < 1.29 is 4.74 Å². The lowest BCUT2D eigenvalue weighted by Crippen LogP contribution is -2.13. The average Bonchev–Trinajstić information content (AvgIpc) is 2.43. The van der Waals surface area contributed by atoms with Crippen LogP contribution in [-0.4, -0.2) is 25.5 Å². The van der Waals surface area contributed by atoms with Crippen molar-refractivity contribution in [3.05, 3.63) is 59.1 Å². The van der Waals surface area contributed by atoms with Crippen molar-refractivity contribution in [3.8, 4) is 11.5 Å². The molecule has 2 rings (SSSR count). The van der Waals surface area contributed by atoms with Gasteiger partial charge < -0.3 is 9.64 Å². The summed E-state index contributed by atoms with van der Waals surface area (Å²) in [6.45, 7) is 1.11. The molecule has 0 saturated carbocycles. The molecular weight excluding hydrogens is 270 g/mol. The minimum Gasteiger partial charge on any atom is -0.457 e. The molecule has 0 aliphatic carbocycles. The molecule has 2 nitrogen and oxygen atoms in total. The predicted octanol–water partition coefficient (Wildman–Crippen LogP) is 4.63. The van der Waals surface area contributed by atoms with Crippen LogP contribution in [0, 0.1) is 0 Å². The van der Waals surface area contributed by atoms with E-state index in [0.717, 1.165) is 24.5 Å². The zero-order valence-electron chi connectivity index (χ0n) is 12.0. The highest BCUT2D eigenvalue weighted by Gasteiger charge is 1.99. The highest BCUT2D eigenvalue weighted by molar-refractivity contribution is 6.30. The van der Waals surface area contributed by atoms with Gasteiger partial charge in [-0.25, -0.2) is 0 Å². The topological polar surface area (TPSA) is 12.5 Å². The molecule has 0 spiro atoms. The van der Waals surface area contributed by atoms with Gasteiger partial charge in [0, 0.05) is 5.02 Å². The zero-order valence-corrected chi connectivity index (χ0v) is 12.7. The fourth-order valence-electron chi connectivity index (χ4n) is 1.96. The molecule has 2 aromatic rings. The largest absolute Gasteiger partial charge is 0.457 e. The molecule has 0 atom stereocenters. The van der Waals surface area contributed by atoms with Crippen LogP contribution in [-0.2, 0) is 6.42 Å². The van der Waals surface area contributed by atoms with E-state index in [4.69, 9.17) is 16.3 Å². The molecule has 106 valence electrons. The van der Waals surface area contributed by atoms with Gasteiger partial charge in [0.05, 0.1) is 0 Å². The number of aryl methyl sites for hydroxylation is 1. The first-order valence-corrected chi connectivity index (χ1v) is 7.18. The molecule has 20 heavy (non-hydrogen) atoms. The van der Waals surface area contributed by atoms with Crippen LogP contribution in [0.5, 0.6) is 11.5 Å². The number of rotatable bonds is 6. The van der Waals surface area contributed by atoms with Gasteiger partial charge in [0.1, 0.15) is 11.5 Å². The number of ether oxygens (including phenoxy) is 1. The van der Waals surface area contributed by atoms with Gasteiger partial charge in [-0.1, -0.05) is 23.7 Å². The van der Waals surface area contributed by atoms with Gasteiger partial charge in [-0.3, -0.25) is 0 Å². The Morgan fingerprint density at radius 1 is 0.900 bits per heavy atom. The summed E-state index contributed by atoms with van der Waals surface area (Å²) in [5.41, 5.74) is 1.34. The summed E-state index contributed by atoms with van der Waals surface area (Å²) in [7, 11) is 4.20. The van der Waals surface area contributed by atoms with Gasteiger partial charge in [-0.2, -0.15) is 0 Å². The Labute approximate surface area is 125 Å². The average molecular weight is 290 g/mol. The maximum absolute atomic E-state index is 5.85. The molecule has 0 aromatic heterocycles. The zero-order chi connectivity index (χ0) is 14.4. The lowest BCUT2D eigenvalue weighted by atomic mass is 10.1. The summed E-state index contributed by atoms with van der Waals surface area (Å²) < 4.78 is 5.76. The van der Waals surface area contributed by atoms with Crippen LogP contribution in [0.1, 0.15) is 12.0 Å². The van der Waals surface area contributed by atoms with Crippen LogP contribution in [0.2, 0.25) is 5.02 Å². The molecule has 0 bridgehead atoms. The van der Waals surface area contributed by atoms with Gasteiger partial charge in [-0.05, 0) is 75.4 Å². The molecule has 0 radical (unpaired) electrons. The van der Waals surface area contributed by atoms with Gasteiger partial charge in [0.2, 0.25) is 0 Å². The number of nitrogens with zero attached hydrogens (tertiary/aromatic N) is 1. The minimum atomic E-state index is 0.716. The molecular formula is C17H20ClNO. The Morgan fingerprint density at radius 3 is 2.00 bits per heavy atom. The molecule has 0 saturated heterocycles. The Hall–Kier alpha value is -1.51. The summed E-state index contributed by atoms with van der Waals surface area (Å²) in [6.07, 6.45) is 2.27. The summed E-state index contributed by atoms with van der Waals surface area (Å²) >= 11 is 5.85. The first-order valence-electron chi connectivity index (χ1n) is 6.80. The van der Waals surface area contributed by atoms with E-state index >= 15 is 0 Å². The molecule has 0 N–H and O–H groups in total. The molecule has 0 fully saturated rings. The first kappa shape index (κ1) is 14.9. The van der Waals surface area contributed by atoms with E-state index in [9.17, 15) is 0 Å². The Balaban J connectivity index is 1.89. The van der Waals surface area contributed by atoms with Crippen LogP contribution < -0.4 is 4.74 Å².